The lowest BCUT2D eigenvalue weighted by atomic mass is 10.2. The molecule has 2 heterocycles. The molecule has 0 aliphatic heterocycles. The third kappa shape index (κ3) is 5.58. The molecule has 0 fully saturated rings. The van der Waals surface area contributed by atoms with Crippen molar-refractivity contribution in [2.24, 2.45) is 0 Å². The largest absolute Gasteiger partial charge is 0.462 e. The average Bonchev–Trinajstić information content (AvgIpc) is 2.97. The number of H-pyrrole nitrogens is 1. The van der Waals surface area contributed by atoms with Crippen molar-refractivity contribution in [3.05, 3.63) is 26.6 Å². The Balaban J connectivity index is 2.29. The first kappa shape index (κ1) is 22.4. The number of fused-ring (bicyclic) bond motifs is 1. The van der Waals surface area contributed by atoms with Gasteiger partial charge in [-0.15, -0.1) is 11.3 Å². The average molecular weight is 413 g/mol. The number of thiophene rings is 1. The molecule has 10 heteroatoms. The Bertz CT molecular complexity index is 850. The fraction of sp³-hybridized carbons (Fsp3) is 0.611. The zero-order valence-electron chi connectivity index (χ0n) is 16.6. The summed E-state index contributed by atoms with van der Waals surface area (Å²) in [5, 5.41) is 10.4. The van der Waals surface area contributed by atoms with Crippen LogP contribution in [-0.4, -0.2) is 79.2 Å². The number of ether oxygens (including phenoxy) is 3. The number of nitrogens with zero attached hydrogens (tertiary/aromatic N) is 2. The van der Waals surface area contributed by atoms with E-state index in [0.29, 0.717) is 52.7 Å². The number of nitrogens with one attached hydrogen (secondary N) is 1. The van der Waals surface area contributed by atoms with E-state index in [1.807, 2.05) is 4.90 Å². The van der Waals surface area contributed by atoms with Crippen LogP contribution >= 0.6 is 11.3 Å². The van der Waals surface area contributed by atoms with Crippen molar-refractivity contribution in [3.63, 3.8) is 0 Å². The Kier molecular flexibility index (Phi) is 8.52. The minimum absolute atomic E-state index is 0.208. The van der Waals surface area contributed by atoms with Gasteiger partial charge >= 0.3 is 5.97 Å². The smallest absolute Gasteiger partial charge is 0.348 e. The second kappa shape index (κ2) is 10.6. The van der Waals surface area contributed by atoms with Gasteiger partial charge in [-0.25, -0.2) is 9.78 Å². The maximum atomic E-state index is 12.6. The van der Waals surface area contributed by atoms with Crippen LogP contribution in [0.4, 0.5) is 0 Å². The molecule has 9 nitrogen and oxygen atoms in total. The van der Waals surface area contributed by atoms with Gasteiger partial charge in [0.1, 0.15) is 15.5 Å². The van der Waals surface area contributed by atoms with Crippen LogP contribution in [0.25, 0.3) is 10.2 Å². The van der Waals surface area contributed by atoms with E-state index in [1.165, 1.54) is 7.11 Å². The first-order valence-corrected chi connectivity index (χ1v) is 9.80. The van der Waals surface area contributed by atoms with Crippen LogP contribution in [0.1, 0.15) is 28.0 Å². The number of aryl methyl sites for hydroxylation is 1. The number of hydrogen-bond donors (Lipinski definition) is 2. The highest BCUT2D eigenvalue weighted by Gasteiger charge is 2.21. The lowest BCUT2D eigenvalue weighted by Gasteiger charge is -2.24. The fourth-order valence-electron chi connectivity index (χ4n) is 2.86. The Morgan fingerprint density at radius 2 is 2.11 bits per heavy atom. The second-order valence-electron chi connectivity index (χ2n) is 6.31. The molecule has 28 heavy (non-hydrogen) atoms. The van der Waals surface area contributed by atoms with Gasteiger partial charge in [-0.3, -0.25) is 9.69 Å². The quantitative estimate of drug-likeness (QED) is 0.523. The van der Waals surface area contributed by atoms with Gasteiger partial charge in [-0.2, -0.15) is 0 Å². The first-order chi connectivity index (χ1) is 13.4. The Morgan fingerprint density at radius 3 is 2.75 bits per heavy atom. The summed E-state index contributed by atoms with van der Waals surface area (Å²) in [6.07, 6.45) is -0.670. The van der Waals surface area contributed by atoms with Crippen LogP contribution in [0.5, 0.6) is 0 Å². The standard InChI is InChI=1S/C18H27N3O6S/c1-5-27-18(24)15-11(2)14-16(23)19-13(20-17(14)28-15)9-21(6-7-25-3)8-12(22)10-26-4/h12,22H,5-10H2,1-4H3,(H,19,20,23)/t12-/m0/s1. The van der Waals surface area contributed by atoms with Crippen molar-refractivity contribution in [1.82, 2.24) is 14.9 Å². The van der Waals surface area contributed by atoms with Crippen LogP contribution in [0.2, 0.25) is 0 Å². The summed E-state index contributed by atoms with van der Waals surface area (Å²) in [6, 6.07) is 0. The summed E-state index contributed by atoms with van der Waals surface area (Å²) >= 11 is 1.15. The third-order valence-corrected chi connectivity index (χ3v) is 5.29. The lowest BCUT2D eigenvalue weighted by Crippen LogP contribution is -2.37. The van der Waals surface area contributed by atoms with E-state index in [-0.39, 0.29) is 18.8 Å². The van der Waals surface area contributed by atoms with Crippen molar-refractivity contribution < 1.29 is 24.1 Å². The number of hydrogen-bond acceptors (Lipinski definition) is 9. The van der Waals surface area contributed by atoms with Crippen LogP contribution in [0.15, 0.2) is 4.79 Å². The number of aliphatic hydroxyl groups is 1. The van der Waals surface area contributed by atoms with Gasteiger partial charge in [0.2, 0.25) is 0 Å². The minimum Gasteiger partial charge on any atom is -0.462 e. The highest BCUT2D eigenvalue weighted by Crippen LogP contribution is 2.27. The van der Waals surface area contributed by atoms with Crippen LogP contribution in [0, 0.1) is 6.92 Å². The van der Waals surface area contributed by atoms with Crippen LogP contribution in [-0.2, 0) is 20.8 Å². The molecule has 0 aromatic carbocycles. The number of carbonyl (C=O) groups excluding carboxylic acids is 1. The fourth-order valence-corrected chi connectivity index (χ4v) is 3.96. The molecule has 156 valence electrons. The summed E-state index contributed by atoms with van der Waals surface area (Å²) in [5.74, 6) is 0.00300. The molecule has 0 spiro atoms. The molecule has 0 radical (unpaired) electrons. The number of aliphatic hydroxyl groups excluding tert-OH is 1. The molecule has 0 aliphatic carbocycles. The number of carbonyl (C=O) groups is 1. The van der Waals surface area contributed by atoms with Crippen molar-refractivity contribution in [3.8, 4) is 0 Å². The molecule has 0 unspecified atom stereocenters. The molecule has 0 aliphatic rings. The number of aromatic nitrogens is 2. The molecule has 2 aromatic rings. The minimum atomic E-state index is -0.670. The van der Waals surface area contributed by atoms with Crippen molar-refractivity contribution in [1.29, 1.82) is 0 Å². The van der Waals surface area contributed by atoms with E-state index >= 15 is 0 Å². The van der Waals surface area contributed by atoms with Crippen molar-refractivity contribution in [2.75, 3.05) is 47.1 Å². The Hall–Kier alpha value is -1.85. The second-order valence-corrected chi connectivity index (χ2v) is 7.31. The van der Waals surface area contributed by atoms with Crippen LogP contribution in [0.3, 0.4) is 0 Å². The van der Waals surface area contributed by atoms with Gasteiger partial charge in [-0.1, -0.05) is 0 Å². The number of aromatic amines is 1. The van der Waals surface area contributed by atoms with Crippen LogP contribution < -0.4 is 5.56 Å². The van der Waals surface area contributed by atoms with Gasteiger partial charge in [0, 0.05) is 27.3 Å². The summed E-state index contributed by atoms with van der Waals surface area (Å²) in [7, 11) is 3.12. The van der Waals surface area contributed by atoms with E-state index in [4.69, 9.17) is 14.2 Å². The molecular weight excluding hydrogens is 386 g/mol. The molecule has 0 saturated heterocycles. The molecule has 0 amide bonds. The molecule has 0 saturated carbocycles. The number of esters is 1. The monoisotopic (exact) mass is 413 g/mol. The molecular formula is C18H27N3O6S. The van der Waals surface area contributed by atoms with E-state index in [1.54, 1.807) is 21.0 Å². The van der Waals surface area contributed by atoms with Gasteiger partial charge < -0.3 is 24.3 Å². The molecule has 1 atom stereocenters. The molecule has 0 bridgehead atoms. The zero-order chi connectivity index (χ0) is 20.7. The van der Waals surface area contributed by atoms with E-state index in [2.05, 4.69) is 9.97 Å². The summed E-state index contributed by atoms with van der Waals surface area (Å²) < 4.78 is 15.1. The van der Waals surface area contributed by atoms with Gasteiger partial charge in [0.25, 0.3) is 5.56 Å². The molecule has 2 rings (SSSR count). The maximum absolute atomic E-state index is 12.6. The number of rotatable bonds is 11. The normalized spacial score (nSPS) is 12.6. The van der Waals surface area contributed by atoms with Gasteiger partial charge in [0.05, 0.1) is 37.9 Å². The summed E-state index contributed by atoms with van der Waals surface area (Å²) in [4.78, 5) is 34.8. The predicted octanol–water partition coefficient (Wildman–Crippen LogP) is 0.925. The Labute approximate surface area is 167 Å². The maximum Gasteiger partial charge on any atom is 0.348 e. The third-order valence-electron chi connectivity index (χ3n) is 4.12. The Morgan fingerprint density at radius 1 is 1.36 bits per heavy atom. The highest BCUT2D eigenvalue weighted by molar-refractivity contribution is 7.20. The SMILES string of the molecule is CCOC(=O)c1sc2nc(CN(CCOC)C[C@H](O)COC)[nH]c(=O)c2c1C. The van der Waals surface area contributed by atoms with Crippen molar-refractivity contribution >= 4 is 27.5 Å². The van der Waals surface area contributed by atoms with E-state index in [0.717, 1.165) is 11.3 Å². The first-order valence-electron chi connectivity index (χ1n) is 8.98. The highest BCUT2D eigenvalue weighted by atomic mass is 32.1. The number of methoxy groups -OCH3 is 2. The van der Waals surface area contributed by atoms with E-state index in [9.17, 15) is 14.7 Å². The van der Waals surface area contributed by atoms with E-state index < -0.39 is 12.1 Å². The molecule has 2 aromatic heterocycles. The van der Waals surface area contributed by atoms with Gasteiger partial charge in [0.15, 0.2) is 0 Å². The lowest BCUT2D eigenvalue weighted by molar-refractivity contribution is 0.0287. The molecule has 2 N–H and O–H groups in total. The zero-order valence-corrected chi connectivity index (χ0v) is 17.4. The summed E-state index contributed by atoms with van der Waals surface area (Å²) in [5.41, 5.74) is 0.277. The van der Waals surface area contributed by atoms with Gasteiger partial charge in [-0.05, 0) is 19.4 Å². The van der Waals surface area contributed by atoms with Crippen molar-refractivity contribution in [2.45, 2.75) is 26.5 Å². The predicted molar refractivity (Wildman–Crippen MR) is 106 cm³/mol. The topological polar surface area (TPSA) is 114 Å². The summed E-state index contributed by atoms with van der Waals surface area (Å²) in [6.45, 7) is 5.61.